The molecular formula is C11H12F3N5S. The Kier molecular flexibility index (Phi) is 3.80. The van der Waals surface area contributed by atoms with Crippen LogP contribution in [0.25, 0.3) is 0 Å². The molecule has 0 amide bonds. The fourth-order valence-electron chi connectivity index (χ4n) is 1.58. The maximum Gasteiger partial charge on any atom is 0.451 e. The highest BCUT2D eigenvalue weighted by Gasteiger charge is 2.35. The number of nitrogens with two attached hydrogens (primary N) is 1. The molecule has 0 aromatic carbocycles. The van der Waals surface area contributed by atoms with Gasteiger partial charge < -0.3 is 10.6 Å². The molecular weight excluding hydrogens is 291 g/mol. The van der Waals surface area contributed by atoms with E-state index < -0.39 is 12.0 Å². The highest BCUT2D eigenvalue weighted by atomic mass is 32.1. The predicted molar refractivity (Wildman–Crippen MR) is 70.4 cm³/mol. The van der Waals surface area contributed by atoms with E-state index in [1.165, 1.54) is 17.4 Å². The Morgan fingerprint density at radius 2 is 2.00 bits per heavy atom. The Morgan fingerprint density at radius 3 is 2.55 bits per heavy atom. The first-order valence-electron chi connectivity index (χ1n) is 5.59. The molecule has 0 aliphatic carbocycles. The van der Waals surface area contributed by atoms with E-state index in [0.717, 1.165) is 10.7 Å². The van der Waals surface area contributed by atoms with E-state index in [1.807, 2.05) is 12.3 Å². The van der Waals surface area contributed by atoms with Crippen molar-refractivity contribution in [1.29, 1.82) is 0 Å². The molecule has 0 aliphatic heterocycles. The summed E-state index contributed by atoms with van der Waals surface area (Å²) >= 11 is 1.48. The molecule has 0 bridgehead atoms. The number of nitrogen functional groups attached to an aromatic ring is 1. The van der Waals surface area contributed by atoms with Gasteiger partial charge >= 0.3 is 6.18 Å². The Balaban J connectivity index is 2.25. The maximum atomic E-state index is 12.6. The topological polar surface area (TPSA) is 67.9 Å². The van der Waals surface area contributed by atoms with Gasteiger partial charge in [0, 0.05) is 18.5 Å². The largest absolute Gasteiger partial charge is 0.451 e. The maximum absolute atomic E-state index is 12.6. The van der Waals surface area contributed by atoms with Crippen LogP contribution in [0.2, 0.25) is 0 Å². The molecule has 2 aromatic heterocycles. The van der Waals surface area contributed by atoms with Crippen molar-refractivity contribution in [2.45, 2.75) is 19.6 Å². The fraction of sp³-hybridized carbons (Fsp3) is 0.364. The molecule has 0 atom stereocenters. The van der Waals surface area contributed by atoms with Crippen LogP contribution in [0.5, 0.6) is 0 Å². The van der Waals surface area contributed by atoms with Crippen molar-refractivity contribution in [2.75, 3.05) is 17.7 Å². The molecule has 108 valence electrons. The van der Waals surface area contributed by atoms with Crippen LogP contribution in [0.3, 0.4) is 0 Å². The lowest BCUT2D eigenvalue weighted by Crippen LogP contribution is -2.21. The van der Waals surface area contributed by atoms with Crippen LogP contribution in [0.1, 0.15) is 16.5 Å². The number of rotatable bonds is 3. The quantitative estimate of drug-likeness (QED) is 0.943. The highest BCUT2D eigenvalue weighted by molar-refractivity contribution is 7.09. The molecule has 2 aromatic rings. The zero-order valence-corrected chi connectivity index (χ0v) is 11.6. The first-order chi connectivity index (χ1) is 9.25. The van der Waals surface area contributed by atoms with Crippen LogP contribution in [-0.2, 0) is 12.7 Å². The van der Waals surface area contributed by atoms with Gasteiger partial charge in [-0.05, 0) is 6.92 Å². The molecule has 0 saturated heterocycles. The number of nitrogens with zero attached hydrogens (tertiary/aromatic N) is 4. The molecule has 0 radical (unpaired) electrons. The van der Waals surface area contributed by atoms with Crippen molar-refractivity contribution < 1.29 is 13.2 Å². The number of anilines is 2. The third-order valence-electron chi connectivity index (χ3n) is 2.44. The Morgan fingerprint density at radius 1 is 1.30 bits per heavy atom. The first-order valence-corrected chi connectivity index (χ1v) is 6.47. The molecule has 0 fully saturated rings. The first kappa shape index (κ1) is 14.5. The smallest absolute Gasteiger partial charge is 0.384 e. The van der Waals surface area contributed by atoms with Crippen molar-refractivity contribution in [3.63, 3.8) is 0 Å². The summed E-state index contributed by atoms with van der Waals surface area (Å²) < 4.78 is 37.9. The average molecular weight is 303 g/mol. The van der Waals surface area contributed by atoms with E-state index in [2.05, 4.69) is 15.0 Å². The van der Waals surface area contributed by atoms with Gasteiger partial charge in [-0.15, -0.1) is 11.3 Å². The van der Waals surface area contributed by atoms with Gasteiger partial charge in [0.1, 0.15) is 11.6 Å². The molecule has 20 heavy (non-hydrogen) atoms. The molecule has 2 N–H and O–H groups in total. The van der Waals surface area contributed by atoms with Crippen LogP contribution in [-0.4, -0.2) is 22.0 Å². The minimum absolute atomic E-state index is 0.107. The molecule has 9 heteroatoms. The number of thiazole rings is 1. The van der Waals surface area contributed by atoms with Crippen molar-refractivity contribution >= 4 is 23.0 Å². The summed E-state index contributed by atoms with van der Waals surface area (Å²) in [6.45, 7) is 2.21. The van der Waals surface area contributed by atoms with Gasteiger partial charge in [0.15, 0.2) is 0 Å². The van der Waals surface area contributed by atoms with Gasteiger partial charge in [-0.25, -0.2) is 15.0 Å². The number of alkyl halides is 3. The number of hydrogen-bond acceptors (Lipinski definition) is 6. The van der Waals surface area contributed by atoms with Gasteiger partial charge in [0.2, 0.25) is 5.82 Å². The summed E-state index contributed by atoms with van der Waals surface area (Å²) in [5.41, 5.74) is 6.16. The van der Waals surface area contributed by atoms with Gasteiger partial charge in [0.05, 0.1) is 17.2 Å². The fourth-order valence-corrected chi connectivity index (χ4v) is 2.18. The predicted octanol–water partition coefficient (Wildman–Crippen LogP) is 2.48. The summed E-state index contributed by atoms with van der Waals surface area (Å²) in [6.07, 6.45) is -4.62. The zero-order valence-electron chi connectivity index (χ0n) is 10.8. The molecule has 0 saturated carbocycles. The number of aryl methyl sites for hydroxylation is 1. The van der Waals surface area contributed by atoms with Crippen LogP contribution >= 0.6 is 11.3 Å². The third kappa shape index (κ3) is 3.35. The highest BCUT2D eigenvalue weighted by Crippen LogP contribution is 2.28. The van der Waals surface area contributed by atoms with Gasteiger partial charge in [0.25, 0.3) is 0 Å². The van der Waals surface area contributed by atoms with Crippen LogP contribution in [0.15, 0.2) is 11.4 Å². The lowest BCUT2D eigenvalue weighted by atomic mass is 10.4. The number of halogens is 3. The minimum Gasteiger partial charge on any atom is -0.384 e. The van der Waals surface area contributed by atoms with Crippen molar-refractivity contribution in [3.05, 3.63) is 28.0 Å². The minimum atomic E-state index is -4.62. The van der Waals surface area contributed by atoms with Crippen LogP contribution < -0.4 is 10.6 Å². The van der Waals surface area contributed by atoms with Crippen molar-refractivity contribution in [2.24, 2.45) is 0 Å². The zero-order chi connectivity index (χ0) is 14.9. The normalized spacial score (nSPS) is 11.7. The van der Waals surface area contributed by atoms with E-state index in [1.54, 1.807) is 11.9 Å². The van der Waals surface area contributed by atoms with Crippen molar-refractivity contribution in [1.82, 2.24) is 15.0 Å². The lowest BCUT2D eigenvalue weighted by molar-refractivity contribution is -0.144. The second-order valence-electron chi connectivity index (χ2n) is 4.19. The Bertz CT molecular complexity index is 610. The Labute approximate surface area is 117 Å². The second kappa shape index (κ2) is 5.23. The summed E-state index contributed by atoms with van der Waals surface area (Å²) in [4.78, 5) is 12.5. The molecule has 0 spiro atoms. The van der Waals surface area contributed by atoms with Crippen LogP contribution in [0, 0.1) is 6.92 Å². The lowest BCUT2D eigenvalue weighted by Gasteiger charge is -2.18. The van der Waals surface area contributed by atoms with E-state index in [4.69, 9.17) is 5.73 Å². The van der Waals surface area contributed by atoms with Crippen LogP contribution in [0.4, 0.5) is 24.8 Å². The van der Waals surface area contributed by atoms with Gasteiger partial charge in [-0.3, -0.25) is 0 Å². The van der Waals surface area contributed by atoms with E-state index >= 15 is 0 Å². The monoisotopic (exact) mass is 303 g/mol. The molecule has 0 aliphatic rings. The number of aromatic nitrogens is 3. The molecule has 2 rings (SSSR count). The van der Waals surface area contributed by atoms with E-state index in [9.17, 15) is 13.2 Å². The average Bonchev–Trinajstić information content (AvgIpc) is 2.72. The third-order valence-corrected chi connectivity index (χ3v) is 3.27. The molecule has 5 nitrogen and oxygen atoms in total. The van der Waals surface area contributed by atoms with E-state index in [-0.39, 0.29) is 11.6 Å². The summed E-state index contributed by atoms with van der Waals surface area (Å²) in [6, 6.07) is 1.30. The standard InChI is InChI=1S/C11H12F3N5S/c1-6-16-7(5-20-6)4-19(2)9-3-8(15)17-10(18-9)11(12,13)14/h3,5H,4H2,1-2H3,(H2,15,17,18). The van der Waals surface area contributed by atoms with Crippen molar-refractivity contribution in [3.8, 4) is 0 Å². The number of hydrogen-bond donors (Lipinski definition) is 1. The summed E-state index contributed by atoms with van der Waals surface area (Å²) in [7, 11) is 1.62. The van der Waals surface area contributed by atoms with E-state index in [0.29, 0.717) is 6.54 Å². The summed E-state index contributed by atoms with van der Waals surface area (Å²) in [5, 5.41) is 2.74. The molecule has 2 heterocycles. The van der Waals surface area contributed by atoms with Gasteiger partial charge in [-0.2, -0.15) is 13.2 Å². The summed E-state index contributed by atoms with van der Waals surface area (Å²) in [5.74, 6) is -1.35. The van der Waals surface area contributed by atoms with Gasteiger partial charge in [-0.1, -0.05) is 0 Å². The second-order valence-corrected chi connectivity index (χ2v) is 5.25. The SMILES string of the molecule is Cc1nc(CN(C)c2cc(N)nc(C(F)(F)F)n2)cs1. The molecule has 0 unspecified atom stereocenters. The Hall–Kier alpha value is -1.90.